The Bertz CT molecular complexity index is 795. The maximum atomic E-state index is 12.3. The number of nitrogens with zero attached hydrogens (tertiary/aromatic N) is 3. The van der Waals surface area contributed by atoms with Gasteiger partial charge in [-0.05, 0) is 25.1 Å². The highest BCUT2D eigenvalue weighted by Crippen LogP contribution is 2.16. The average Bonchev–Trinajstić information content (AvgIpc) is 3.09. The van der Waals surface area contributed by atoms with E-state index in [0.29, 0.717) is 38.5 Å². The normalized spacial score (nSPS) is 14.4. The Morgan fingerprint density at radius 1 is 1.20 bits per heavy atom. The van der Waals surface area contributed by atoms with Crippen LogP contribution in [0.3, 0.4) is 0 Å². The van der Waals surface area contributed by atoms with Crippen molar-refractivity contribution >= 4 is 34.5 Å². The van der Waals surface area contributed by atoms with Crippen LogP contribution in [0.2, 0.25) is 0 Å². The highest BCUT2D eigenvalue weighted by molar-refractivity contribution is 6.39. The van der Waals surface area contributed by atoms with Crippen molar-refractivity contribution in [1.82, 2.24) is 20.0 Å². The molecular weight excluding hydrogens is 326 g/mol. The molecule has 0 aliphatic carbocycles. The third-order valence-corrected chi connectivity index (χ3v) is 3.99. The van der Waals surface area contributed by atoms with E-state index in [1.807, 2.05) is 0 Å². The summed E-state index contributed by atoms with van der Waals surface area (Å²) in [5, 5.41) is 10.2. The summed E-state index contributed by atoms with van der Waals surface area (Å²) in [4.78, 5) is 39.1. The number of anilines is 1. The molecule has 0 unspecified atom stereocenters. The molecule has 1 aliphatic rings. The summed E-state index contributed by atoms with van der Waals surface area (Å²) in [6.07, 6.45) is 1.28. The van der Waals surface area contributed by atoms with Gasteiger partial charge in [0.25, 0.3) is 0 Å². The lowest BCUT2D eigenvalue weighted by molar-refractivity contribution is -0.144. The van der Waals surface area contributed by atoms with Crippen molar-refractivity contribution in [3.8, 4) is 0 Å². The van der Waals surface area contributed by atoms with Crippen molar-refractivity contribution in [2.24, 2.45) is 0 Å². The Morgan fingerprint density at radius 2 is 1.92 bits per heavy atom. The molecule has 0 radical (unpaired) electrons. The van der Waals surface area contributed by atoms with Gasteiger partial charge in [0.1, 0.15) is 0 Å². The topological polar surface area (TPSA) is 108 Å². The molecule has 1 fully saturated rings. The lowest BCUT2D eigenvalue weighted by Crippen LogP contribution is -2.53. The number of hydrogen-bond acceptors (Lipinski definition) is 5. The summed E-state index contributed by atoms with van der Waals surface area (Å²) in [5.41, 5.74) is 1.29. The van der Waals surface area contributed by atoms with Crippen LogP contribution in [0.5, 0.6) is 0 Å². The van der Waals surface area contributed by atoms with Gasteiger partial charge >= 0.3 is 17.9 Å². The van der Waals surface area contributed by atoms with Crippen LogP contribution in [-0.4, -0.2) is 70.7 Å². The van der Waals surface area contributed by atoms with Crippen LogP contribution in [0.1, 0.15) is 6.92 Å². The van der Waals surface area contributed by atoms with E-state index < -0.39 is 17.9 Å². The summed E-state index contributed by atoms with van der Waals surface area (Å²) >= 11 is 0. The molecule has 0 saturated carbocycles. The summed E-state index contributed by atoms with van der Waals surface area (Å²) in [5.74, 6) is -1.32. The molecule has 2 N–H and O–H groups in total. The highest BCUT2D eigenvalue weighted by atomic mass is 16.6. The second kappa shape index (κ2) is 7.20. The van der Waals surface area contributed by atoms with E-state index in [9.17, 15) is 14.4 Å². The number of carbonyl (C=O) groups is 3. The first-order chi connectivity index (χ1) is 12.1. The first-order valence-corrected chi connectivity index (χ1v) is 8.03. The molecule has 9 heteroatoms. The molecule has 1 aliphatic heterocycles. The SMILES string of the molecule is CCOC(=O)N1CCN(C(=O)C(=O)Nc2ccc3cn[nH]c3c2)CC1. The Morgan fingerprint density at radius 3 is 2.64 bits per heavy atom. The second-order valence-electron chi connectivity index (χ2n) is 5.60. The van der Waals surface area contributed by atoms with Gasteiger partial charge in [0, 0.05) is 37.3 Å². The largest absolute Gasteiger partial charge is 0.450 e. The fourth-order valence-corrected chi connectivity index (χ4v) is 2.65. The van der Waals surface area contributed by atoms with E-state index in [0.717, 1.165) is 10.9 Å². The Labute approximate surface area is 143 Å². The minimum absolute atomic E-state index is 0.296. The van der Waals surface area contributed by atoms with E-state index in [4.69, 9.17) is 4.74 Å². The lowest BCUT2D eigenvalue weighted by Gasteiger charge is -2.33. The minimum atomic E-state index is -0.705. The Hall–Kier alpha value is -3.10. The summed E-state index contributed by atoms with van der Waals surface area (Å²) in [6, 6.07) is 5.23. The molecule has 9 nitrogen and oxygen atoms in total. The zero-order chi connectivity index (χ0) is 17.8. The van der Waals surface area contributed by atoms with E-state index in [-0.39, 0.29) is 0 Å². The number of aromatic amines is 1. The molecule has 25 heavy (non-hydrogen) atoms. The van der Waals surface area contributed by atoms with Gasteiger partial charge in [-0.3, -0.25) is 14.7 Å². The number of amides is 3. The van der Waals surface area contributed by atoms with Gasteiger partial charge < -0.3 is 19.9 Å². The number of nitrogens with one attached hydrogen (secondary N) is 2. The van der Waals surface area contributed by atoms with Crippen molar-refractivity contribution in [2.45, 2.75) is 6.92 Å². The molecule has 1 aromatic carbocycles. The summed E-state index contributed by atoms with van der Waals surface area (Å²) < 4.78 is 4.93. The maximum absolute atomic E-state index is 12.3. The van der Waals surface area contributed by atoms with Gasteiger partial charge in [0.15, 0.2) is 0 Å². The average molecular weight is 345 g/mol. The van der Waals surface area contributed by atoms with E-state index in [1.54, 1.807) is 31.3 Å². The predicted molar refractivity (Wildman–Crippen MR) is 89.9 cm³/mol. The van der Waals surface area contributed by atoms with Gasteiger partial charge in [-0.2, -0.15) is 5.10 Å². The standard InChI is InChI=1S/C16H19N5O4/c1-2-25-16(24)21-7-5-20(6-8-21)15(23)14(22)18-12-4-3-11-10-17-19-13(11)9-12/h3-4,9-10H,2,5-8H2,1H3,(H,17,19)(H,18,22). The molecule has 2 heterocycles. The number of ether oxygens (including phenoxy) is 1. The molecule has 0 bridgehead atoms. The van der Waals surface area contributed by atoms with Gasteiger partial charge in [-0.25, -0.2) is 4.79 Å². The molecule has 2 aromatic rings. The molecule has 1 aromatic heterocycles. The van der Waals surface area contributed by atoms with Gasteiger partial charge in [-0.1, -0.05) is 0 Å². The number of fused-ring (bicyclic) bond motifs is 1. The minimum Gasteiger partial charge on any atom is -0.450 e. The number of carbonyl (C=O) groups excluding carboxylic acids is 3. The van der Waals surface area contributed by atoms with Crippen LogP contribution in [0.4, 0.5) is 10.5 Å². The maximum Gasteiger partial charge on any atom is 0.409 e. The number of H-pyrrole nitrogens is 1. The van der Waals surface area contributed by atoms with Crippen LogP contribution in [0, 0.1) is 0 Å². The lowest BCUT2D eigenvalue weighted by atomic mass is 10.2. The number of aromatic nitrogens is 2. The quantitative estimate of drug-likeness (QED) is 0.783. The number of benzene rings is 1. The number of piperazine rings is 1. The monoisotopic (exact) mass is 345 g/mol. The molecular formula is C16H19N5O4. The molecule has 132 valence electrons. The van der Waals surface area contributed by atoms with Crippen LogP contribution in [0.25, 0.3) is 10.9 Å². The van der Waals surface area contributed by atoms with Crippen molar-refractivity contribution < 1.29 is 19.1 Å². The first kappa shape index (κ1) is 16.7. The Balaban J connectivity index is 1.56. The number of rotatable bonds is 2. The summed E-state index contributed by atoms with van der Waals surface area (Å²) in [6.45, 7) is 3.33. The third kappa shape index (κ3) is 3.70. The van der Waals surface area contributed by atoms with Crippen molar-refractivity contribution in [3.63, 3.8) is 0 Å². The van der Waals surface area contributed by atoms with Crippen LogP contribution < -0.4 is 5.32 Å². The van der Waals surface area contributed by atoms with Crippen molar-refractivity contribution in [1.29, 1.82) is 0 Å². The van der Waals surface area contributed by atoms with Crippen LogP contribution >= 0.6 is 0 Å². The Kier molecular flexibility index (Phi) is 4.82. The van der Waals surface area contributed by atoms with Gasteiger partial charge in [0.05, 0.1) is 18.3 Å². The molecule has 3 amide bonds. The third-order valence-electron chi connectivity index (χ3n) is 3.99. The van der Waals surface area contributed by atoms with E-state index in [2.05, 4.69) is 15.5 Å². The fraction of sp³-hybridized carbons (Fsp3) is 0.375. The van der Waals surface area contributed by atoms with E-state index >= 15 is 0 Å². The summed E-state index contributed by atoms with van der Waals surface area (Å²) in [7, 11) is 0. The molecule has 0 atom stereocenters. The number of hydrogen-bond donors (Lipinski definition) is 2. The second-order valence-corrected chi connectivity index (χ2v) is 5.60. The van der Waals surface area contributed by atoms with Crippen molar-refractivity contribution in [2.75, 3.05) is 38.1 Å². The van der Waals surface area contributed by atoms with E-state index in [1.165, 1.54) is 9.80 Å². The zero-order valence-corrected chi connectivity index (χ0v) is 13.8. The molecule has 1 saturated heterocycles. The fourth-order valence-electron chi connectivity index (χ4n) is 2.65. The van der Waals surface area contributed by atoms with Gasteiger partial charge in [-0.15, -0.1) is 0 Å². The van der Waals surface area contributed by atoms with Crippen molar-refractivity contribution in [3.05, 3.63) is 24.4 Å². The smallest absolute Gasteiger partial charge is 0.409 e. The predicted octanol–water partition coefficient (Wildman–Crippen LogP) is 0.802. The van der Waals surface area contributed by atoms with Gasteiger partial charge in [0.2, 0.25) is 0 Å². The van der Waals surface area contributed by atoms with Crippen LogP contribution in [-0.2, 0) is 14.3 Å². The highest BCUT2D eigenvalue weighted by Gasteiger charge is 2.28. The van der Waals surface area contributed by atoms with Crippen LogP contribution in [0.15, 0.2) is 24.4 Å². The molecule has 3 rings (SSSR count). The molecule has 0 spiro atoms. The first-order valence-electron chi connectivity index (χ1n) is 8.03. The zero-order valence-electron chi connectivity index (χ0n) is 13.8.